The van der Waals surface area contributed by atoms with Crippen molar-refractivity contribution in [2.75, 3.05) is 13.1 Å². The normalized spacial score (nSPS) is 14.7. The van der Waals surface area contributed by atoms with Gasteiger partial charge in [0.1, 0.15) is 0 Å². The molecule has 0 bridgehead atoms. The molecule has 2 amide bonds. The third-order valence-corrected chi connectivity index (χ3v) is 6.43. The van der Waals surface area contributed by atoms with Crippen LogP contribution in [0.2, 0.25) is 0 Å². The Kier molecular flexibility index (Phi) is 8.02. The Morgan fingerprint density at radius 3 is 2.19 bits per heavy atom. The fourth-order valence-electron chi connectivity index (χ4n) is 4.48. The van der Waals surface area contributed by atoms with Crippen LogP contribution in [-0.2, 0) is 22.6 Å². The first-order valence-electron chi connectivity index (χ1n) is 12.1. The number of Topliss-reactive ketones (excluding diaryl/α,β-unsaturated/α-hetero) is 1. The highest BCUT2D eigenvalue weighted by Crippen LogP contribution is 2.23. The van der Waals surface area contributed by atoms with Gasteiger partial charge in [0.05, 0.1) is 22.9 Å². The number of likely N-dealkylation sites (tertiary alicyclic amines) is 1. The van der Waals surface area contributed by atoms with Crippen molar-refractivity contribution in [2.45, 2.75) is 31.7 Å². The molecule has 2 heterocycles. The van der Waals surface area contributed by atoms with Crippen molar-refractivity contribution in [3.8, 4) is 0 Å². The van der Waals surface area contributed by atoms with Crippen LogP contribution >= 0.6 is 0 Å². The molecule has 1 atom stereocenters. The second kappa shape index (κ2) is 11.6. The predicted molar refractivity (Wildman–Crippen MR) is 140 cm³/mol. The first-order chi connectivity index (χ1) is 17.4. The Hall–Kier alpha value is -4.10. The summed E-state index contributed by atoms with van der Waals surface area (Å²) in [6, 6.07) is 20.6. The van der Waals surface area contributed by atoms with E-state index in [9.17, 15) is 14.4 Å². The summed E-state index contributed by atoms with van der Waals surface area (Å²) in [4.78, 5) is 43.5. The van der Waals surface area contributed by atoms with E-state index >= 15 is 0 Å². The van der Waals surface area contributed by atoms with Gasteiger partial charge in [-0.3, -0.25) is 24.3 Å². The second-order valence-electron chi connectivity index (χ2n) is 9.06. The van der Waals surface area contributed by atoms with Crippen LogP contribution in [0.1, 0.15) is 57.2 Å². The van der Waals surface area contributed by atoms with E-state index in [2.05, 4.69) is 22.0 Å². The van der Waals surface area contributed by atoms with Gasteiger partial charge >= 0.3 is 0 Å². The van der Waals surface area contributed by atoms with Crippen molar-refractivity contribution in [2.24, 2.45) is 11.5 Å². The molecule has 3 aromatic rings. The van der Waals surface area contributed by atoms with E-state index < -0.39 is 23.5 Å². The van der Waals surface area contributed by atoms with Crippen LogP contribution in [0, 0.1) is 0 Å². The zero-order valence-electron chi connectivity index (χ0n) is 20.1. The summed E-state index contributed by atoms with van der Waals surface area (Å²) in [5.41, 5.74) is 14.9. The number of nitrogens with zero attached hydrogens (tertiary/aromatic N) is 2. The molecule has 0 radical (unpaired) electrons. The maximum absolute atomic E-state index is 12.7. The Bertz CT molecular complexity index is 1260. The predicted octanol–water partition coefficient (Wildman–Crippen LogP) is 3.33. The molecule has 1 fully saturated rings. The number of ketones is 1. The summed E-state index contributed by atoms with van der Waals surface area (Å²) < 4.78 is 0. The number of hydrogen-bond acceptors (Lipinski definition) is 5. The molecule has 36 heavy (non-hydrogen) atoms. The van der Waals surface area contributed by atoms with E-state index in [-0.39, 0.29) is 12.0 Å². The molecule has 4 rings (SSSR count). The fraction of sp³-hybridized carbons (Fsp3) is 0.241. The molecule has 1 saturated heterocycles. The lowest BCUT2D eigenvalue weighted by Crippen LogP contribution is -2.30. The molecular formula is C29H30N4O3. The lowest BCUT2D eigenvalue weighted by atomic mass is 9.90. The van der Waals surface area contributed by atoms with Crippen LogP contribution in [0.4, 0.5) is 0 Å². The molecule has 1 aromatic heterocycles. The largest absolute Gasteiger partial charge is 0.366 e. The van der Waals surface area contributed by atoms with E-state index in [1.165, 1.54) is 24.5 Å². The van der Waals surface area contributed by atoms with Gasteiger partial charge < -0.3 is 11.5 Å². The molecule has 0 spiro atoms. The van der Waals surface area contributed by atoms with Crippen LogP contribution in [0.15, 0.2) is 66.7 Å². The van der Waals surface area contributed by atoms with Gasteiger partial charge in [0, 0.05) is 6.54 Å². The quantitative estimate of drug-likeness (QED) is 0.430. The summed E-state index contributed by atoms with van der Waals surface area (Å²) in [6.07, 6.45) is 6.32. The lowest BCUT2D eigenvalue weighted by molar-refractivity contribution is -0.136. The number of primary amides is 2. The smallest absolute Gasteiger partial charge is 0.285 e. The molecule has 7 heteroatoms. The lowest BCUT2D eigenvalue weighted by Gasteiger charge is -2.15. The molecule has 7 nitrogen and oxygen atoms in total. The topological polar surface area (TPSA) is 119 Å². The van der Waals surface area contributed by atoms with Crippen molar-refractivity contribution < 1.29 is 14.4 Å². The van der Waals surface area contributed by atoms with Crippen molar-refractivity contribution in [3.63, 3.8) is 0 Å². The average Bonchev–Trinajstić information content (AvgIpc) is 3.40. The Labute approximate surface area is 210 Å². The maximum Gasteiger partial charge on any atom is 0.285 e. The molecule has 0 aliphatic carbocycles. The summed E-state index contributed by atoms with van der Waals surface area (Å²) >= 11 is 0. The number of amides is 2. The number of carbonyl (C=O) groups is 3. The minimum absolute atomic E-state index is 0.227. The first-order valence-corrected chi connectivity index (χ1v) is 12.1. The van der Waals surface area contributed by atoms with Crippen LogP contribution in [-0.4, -0.2) is 40.6 Å². The van der Waals surface area contributed by atoms with Crippen molar-refractivity contribution in [1.29, 1.82) is 0 Å². The van der Waals surface area contributed by atoms with Crippen LogP contribution < -0.4 is 11.5 Å². The molecule has 1 unspecified atom stereocenters. The van der Waals surface area contributed by atoms with Crippen LogP contribution in [0.25, 0.3) is 12.2 Å². The van der Waals surface area contributed by atoms with Gasteiger partial charge in [-0.1, -0.05) is 60.7 Å². The summed E-state index contributed by atoms with van der Waals surface area (Å²) in [5, 5.41) is 0. The van der Waals surface area contributed by atoms with E-state index in [0.717, 1.165) is 30.8 Å². The van der Waals surface area contributed by atoms with Gasteiger partial charge in [-0.05, 0) is 67.3 Å². The zero-order valence-corrected chi connectivity index (χ0v) is 20.1. The van der Waals surface area contributed by atoms with Gasteiger partial charge in [-0.25, -0.2) is 0 Å². The Morgan fingerprint density at radius 2 is 1.56 bits per heavy atom. The van der Waals surface area contributed by atoms with Crippen molar-refractivity contribution in [1.82, 2.24) is 9.88 Å². The minimum atomic E-state index is -1.03. The third-order valence-electron chi connectivity index (χ3n) is 6.43. The van der Waals surface area contributed by atoms with E-state index in [0.29, 0.717) is 11.4 Å². The van der Waals surface area contributed by atoms with Crippen LogP contribution in [0.3, 0.4) is 0 Å². The molecule has 184 valence electrons. The van der Waals surface area contributed by atoms with Gasteiger partial charge in [-0.2, -0.15) is 0 Å². The number of pyridine rings is 1. The number of carbonyl (C=O) groups excluding carboxylic acids is 3. The Balaban J connectivity index is 1.60. The standard InChI is InChI=1S/C29H30N4O3/c30-28(35)23-13-15-26(24(27(34)29(31)36)18-21-6-2-1-3-7-21)32-25(23)14-12-20-8-10-22(11-9-20)19-33-16-4-5-17-33/h1-3,6-15,24H,4-5,16-19H2,(H2,30,35)(H2,31,36)/b14-12+. The summed E-state index contributed by atoms with van der Waals surface area (Å²) in [7, 11) is 0. The molecule has 0 saturated carbocycles. The monoisotopic (exact) mass is 482 g/mol. The highest BCUT2D eigenvalue weighted by Gasteiger charge is 2.27. The van der Waals surface area contributed by atoms with E-state index in [1.54, 1.807) is 12.1 Å². The maximum atomic E-state index is 12.7. The highest BCUT2D eigenvalue weighted by molar-refractivity contribution is 6.37. The summed E-state index contributed by atoms with van der Waals surface area (Å²) in [6.45, 7) is 3.22. The second-order valence-corrected chi connectivity index (χ2v) is 9.06. The third kappa shape index (κ3) is 6.31. The fourth-order valence-corrected chi connectivity index (χ4v) is 4.48. The Morgan fingerprint density at radius 1 is 0.861 bits per heavy atom. The van der Waals surface area contributed by atoms with Crippen molar-refractivity contribution >= 4 is 29.7 Å². The molecule has 1 aliphatic heterocycles. The molecule has 1 aliphatic rings. The molecular weight excluding hydrogens is 452 g/mol. The van der Waals surface area contributed by atoms with Gasteiger partial charge in [0.15, 0.2) is 0 Å². The number of nitrogens with two attached hydrogens (primary N) is 2. The van der Waals surface area contributed by atoms with Crippen LogP contribution in [0.5, 0.6) is 0 Å². The first kappa shape index (κ1) is 25.0. The number of hydrogen-bond donors (Lipinski definition) is 2. The molecule has 2 aromatic carbocycles. The zero-order chi connectivity index (χ0) is 25.5. The SMILES string of the molecule is NC(=O)C(=O)C(Cc1ccccc1)c1ccc(C(N)=O)c(/C=C/c2ccc(CN3CCCC3)cc2)n1. The van der Waals surface area contributed by atoms with Gasteiger partial charge in [0.2, 0.25) is 5.78 Å². The number of aromatic nitrogens is 1. The highest BCUT2D eigenvalue weighted by atomic mass is 16.2. The van der Waals surface area contributed by atoms with E-state index in [4.69, 9.17) is 11.5 Å². The van der Waals surface area contributed by atoms with Crippen molar-refractivity contribution in [3.05, 3.63) is 100 Å². The summed E-state index contributed by atoms with van der Waals surface area (Å²) in [5.74, 6) is -3.26. The van der Waals surface area contributed by atoms with E-state index in [1.807, 2.05) is 48.5 Å². The number of rotatable bonds is 10. The number of benzene rings is 2. The van der Waals surface area contributed by atoms with Gasteiger partial charge in [-0.15, -0.1) is 0 Å². The van der Waals surface area contributed by atoms with Gasteiger partial charge in [0.25, 0.3) is 11.8 Å². The molecule has 4 N–H and O–H groups in total. The average molecular weight is 483 g/mol. The minimum Gasteiger partial charge on any atom is -0.366 e.